The average Bonchev–Trinajstić information content (AvgIpc) is 3.44. The lowest BCUT2D eigenvalue weighted by Crippen LogP contribution is -2.54. The zero-order valence-electron chi connectivity index (χ0n) is 18.7. The van der Waals surface area contributed by atoms with Crippen LogP contribution in [0.25, 0.3) is 22.5 Å². The summed E-state index contributed by atoms with van der Waals surface area (Å²) in [7, 11) is 1.61. The van der Waals surface area contributed by atoms with E-state index < -0.39 is 29.7 Å². The molecular formula is C24H20N6O5. The summed E-state index contributed by atoms with van der Waals surface area (Å²) in [6.45, 7) is 0.0728. The van der Waals surface area contributed by atoms with Crippen LogP contribution in [0.2, 0.25) is 0 Å². The van der Waals surface area contributed by atoms with E-state index in [4.69, 9.17) is 4.52 Å². The minimum atomic E-state index is -1.02. The Balaban J connectivity index is 1.29. The molecule has 35 heavy (non-hydrogen) atoms. The fourth-order valence-electron chi connectivity index (χ4n) is 4.06. The van der Waals surface area contributed by atoms with Gasteiger partial charge in [-0.15, -0.1) is 0 Å². The highest BCUT2D eigenvalue weighted by atomic mass is 16.5. The molecule has 1 atom stereocenters. The van der Waals surface area contributed by atoms with E-state index in [2.05, 4.69) is 20.4 Å². The lowest BCUT2D eigenvalue weighted by atomic mass is 10.0. The van der Waals surface area contributed by atoms with Crippen molar-refractivity contribution in [2.24, 2.45) is 0 Å². The highest BCUT2D eigenvalue weighted by molar-refractivity contribution is 6.18. The number of pyridine rings is 1. The predicted octanol–water partition coefficient (Wildman–Crippen LogP) is 1.29. The van der Waals surface area contributed by atoms with Gasteiger partial charge in [0.25, 0.3) is 11.8 Å². The van der Waals surface area contributed by atoms with E-state index in [-0.39, 0.29) is 31.0 Å². The summed E-state index contributed by atoms with van der Waals surface area (Å²) in [6, 6.07) is 10.4. The summed E-state index contributed by atoms with van der Waals surface area (Å²) in [4.78, 5) is 59.9. The Labute approximate surface area is 199 Å². The molecule has 2 aliphatic heterocycles. The van der Waals surface area contributed by atoms with E-state index in [0.717, 1.165) is 21.6 Å². The van der Waals surface area contributed by atoms with Gasteiger partial charge in [-0.05, 0) is 24.1 Å². The van der Waals surface area contributed by atoms with Gasteiger partial charge in [-0.3, -0.25) is 34.4 Å². The van der Waals surface area contributed by atoms with Gasteiger partial charge in [-0.25, -0.2) is 0 Å². The van der Waals surface area contributed by atoms with Crippen molar-refractivity contribution in [1.29, 1.82) is 0 Å². The number of amides is 4. The first-order valence-corrected chi connectivity index (χ1v) is 10.9. The van der Waals surface area contributed by atoms with Crippen LogP contribution in [0, 0.1) is 0 Å². The van der Waals surface area contributed by atoms with Crippen LogP contribution in [-0.4, -0.2) is 61.6 Å². The highest BCUT2D eigenvalue weighted by Crippen LogP contribution is 2.26. The van der Waals surface area contributed by atoms with Gasteiger partial charge >= 0.3 is 0 Å². The first-order chi connectivity index (χ1) is 16.9. The Morgan fingerprint density at radius 1 is 1.11 bits per heavy atom. The van der Waals surface area contributed by atoms with Crippen molar-refractivity contribution in [2.45, 2.75) is 25.4 Å². The summed E-state index contributed by atoms with van der Waals surface area (Å²) in [5.74, 6) is -1.67. The number of imide groups is 2. The molecule has 176 valence electrons. The van der Waals surface area contributed by atoms with Gasteiger partial charge in [0.1, 0.15) is 11.7 Å². The van der Waals surface area contributed by atoms with Gasteiger partial charge in [-0.1, -0.05) is 29.4 Å². The third-order valence-corrected chi connectivity index (χ3v) is 5.82. The number of nitrogens with zero attached hydrogens (tertiary/aromatic N) is 5. The second-order valence-corrected chi connectivity index (χ2v) is 8.20. The fraction of sp³-hybridized carbons (Fsp3) is 0.208. The van der Waals surface area contributed by atoms with Gasteiger partial charge in [0.2, 0.25) is 23.5 Å². The number of nitrogens with one attached hydrogen (secondary N) is 1. The molecule has 0 radical (unpaired) electrons. The van der Waals surface area contributed by atoms with Crippen molar-refractivity contribution >= 4 is 23.6 Å². The molecule has 11 heteroatoms. The van der Waals surface area contributed by atoms with Crippen molar-refractivity contribution in [2.75, 3.05) is 7.05 Å². The van der Waals surface area contributed by atoms with E-state index >= 15 is 0 Å². The fourth-order valence-corrected chi connectivity index (χ4v) is 4.06. The maximum atomic E-state index is 12.9. The monoisotopic (exact) mass is 472 g/mol. The summed E-state index contributed by atoms with van der Waals surface area (Å²) in [5.41, 5.74) is 2.75. The van der Waals surface area contributed by atoms with Crippen LogP contribution in [-0.2, 0) is 25.7 Å². The lowest BCUT2D eigenvalue weighted by Gasteiger charge is -2.29. The molecule has 5 rings (SSSR count). The Morgan fingerprint density at radius 2 is 1.91 bits per heavy atom. The number of rotatable bonds is 6. The number of aromatic nitrogens is 3. The number of carbonyl (C=O) groups is 4. The van der Waals surface area contributed by atoms with Crippen molar-refractivity contribution in [3.63, 3.8) is 0 Å². The second-order valence-electron chi connectivity index (χ2n) is 8.20. The van der Waals surface area contributed by atoms with Crippen LogP contribution in [0.4, 0.5) is 0 Å². The number of carbonyl (C=O) groups excluding carboxylic acids is 4. The van der Waals surface area contributed by atoms with Crippen LogP contribution in [0.3, 0.4) is 0 Å². The molecule has 1 fully saturated rings. The molecule has 3 aromatic rings. The SMILES string of the molecule is CN(Cc1nc(-c2cccc(-c3cccnc3)c2)no1)C1=CC(=O)N(C2CCC(=O)NC2=O)C1=O. The minimum absolute atomic E-state index is 0.0609. The Hall–Kier alpha value is -4.67. The topological polar surface area (TPSA) is 139 Å². The first-order valence-electron chi connectivity index (χ1n) is 10.9. The number of hydrogen-bond donors (Lipinski definition) is 1. The van der Waals surface area contributed by atoms with Crippen LogP contribution >= 0.6 is 0 Å². The van der Waals surface area contributed by atoms with E-state index in [1.54, 1.807) is 19.4 Å². The van der Waals surface area contributed by atoms with Crippen LogP contribution in [0.5, 0.6) is 0 Å². The number of hydrogen-bond acceptors (Lipinski definition) is 9. The molecule has 1 saturated heterocycles. The number of piperidine rings is 1. The molecule has 1 unspecified atom stereocenters. The normalized spacial score (nSPS) is 18.0. The largest absolute Gasteiger partial charge is 0.361 e. The summed E-state index contributed by atoms with van der Waals surface area (Å²) < 4.78 is 5.38. The van der Waals surface area contributed by atoms with Crippen LogP contribution in [0.1, 0.15) is 18.7 Å². The minimum Gasteiger partial charge on any atom is -0.361 e. The molecule has 4 heterocycles. The molecule has 0 spiro atoms. The number of likely N-dealkylation sites (N-methyl/N-ethyl adjacent to an activating group) is 1. The number of benzene rings is 1. The molecule has 1 aromatic carbocycles. The molecule has 11 nitrogen and oxygen atoms in total. The maximum Gasteiger partial charge on any atom is 0.277 e. The van der Waals surface area contributed by atoms with Gasteiger partial charge in [0, 0.05) is 43.1 Å². The van der Waals surface area contributed by atoms with Crippen molar-refractivity contribution < 1.29 is 23.7 Å². The van der Waals surface area contributed by atoms with Crippen molar-refractivity contribution in [3.05, 3.63) is 66.5 Å². The van der Waals surface area contributed by atoms with Crippen LogP contribution < -0.4 is 5.32 Å². The summed E-state index contributed by atoms with van der Waals surface area (Å²) >= 11 is 0. The maximum absolute atomic E-state index is 12.9. The van der Waals surface area contributed by atoms with E-state index in [1.165, 1.54) is 11.0 Å². The molecular weight excluding hydrogens is 452 g/mol. The third-order valence-electron chi connectivity index (χ3n) is 5.82. The molecule has 1 N–H and O–H groups in total. The van der Waals surface area contributed by atoms with E-state index in [9.17, 15) is 19.2 Å². The highest BCUT2D eigenvalue weighted by Gasteiger charge is 2.43. The van der Waals surface area contributed by atoms with Crippen molar-refractivity contribution in [1.82, 2.24) is 30.2 Å². The smallest absolute Gasteiger partial charge is 0.277 e. The summed E-state index contributed by atoms with van der Waals surface area (Å²) in [6.07, 6.45) is 4.79. The Morgan fingerprint density at radius 3 is 2.69 bits per heavy atom. The first kappa shape index (κ1) is 22.1. The Kier molecular flexibility index (Phi) is 5.65. The molecule has 2 aliphatic rings. The molecule has 4 amide bonds. The zero-order chi connectivity index (χ0) is 24.5. The summed E-state index contributed by atoms with van der Waals surface area (Å²) in [5, 5.41) is 6.21. The van der Waals surface area contributed by atoms with Crippen molar-refractivity contribution in [3.8, 4) is 22.5 Å². The molecule has 0 aliphatic carbocycles. The van der Waals surface area contributed by atoms with E-state index in [1.807, 2.05) is 36.4 Å². The predicted molar refractivity (Wildman–Crippen MR) is 121 cm³/mol. The van der Waals surface area contributed by atoms with Gasteiger partial charge < -0.3 is 9.42 Å². The molecule has 0 bridgehead atoms. The van der Waals surface area contributed by atoms with Gasteiger partial charge in [0.05, 0.1) is 6.54 Å². The third kappa shape index (κ3) is 4.31. The van der Waals surface area contributed by atoms with Gasteiger partial charge in [0.15, 0.2) is 0 Å². The average molecular weight is 472 g/mol. The lowest BCUT2D eigenvalue weighted by molar-refractivity contribution is -0.150. The van der Waals surface area contributed by atoms with Gasteiger partial charge in [-0.2, -0.15) is 4.98 Å². The quantitative estimate of drug-likeness (QED) is 0.526. The Bertz CT molecular complexity index is 1370. The second kappa shape index (κ2) is 8.93. The molecule has 0 saturated carbocycles. The molecule has 2 aromatic heterocycles. The zero-order valence-corrected chi connectivity index (χ0v) is 18.7. The van der Waals surface area contributed by atoms with Crippen LogP contribution in [0.15, 0.2) is 65.1 Å². The standard InChI is InChI=1S/C24H20N6O5/c1-29(18-11-21(32)30(24(18)34)17-7-8-19(31)26-23(17)33)13-20-27-22(28-35-20)15-5-2-4-14(10-15)16-6-3-9-25-12-16/h2-6,9-12,17H,7-8,13H2,1H3,(H,26,31,33). The van der Waals surface area contributed by atoms with E-state index in [0.29, 0.717) is 5.82 Å².